The molecule has 0 unspecified atom stereocenters. The third-order valence-electron chi connectivity index (χ3n) is 4.37. The van der Waals surface area contributed by atoms with Crippen LogP contribution in [-0.4, -0.2) is 23.3 Å². The Morgan fingerprint density at radius 2 is 1.75 bits per heavy atom. The number of benzene rings is 2. The Labute approximate surface area is 160 Å². The molecular weight excluding hydrogens is 369 g/mol. The Bertz CT molecular complexity index is 946. The maximum Gasteiger partial charge on any atom is 0.411 e. The highest BCUT2D eigenvalue weighted by molar-refractivity contribution is 5.84. The van der Waals surface area contributed by atoms with Gasteiger partial charge < -0.3 is 14.6 Å². The van der Waals surface area contributed by atoms with Gasteiger partial charge in [-0.1, -0.05) is 42.5 Å². The van der Waals surface area contributed by atoms with Crippen LogP contribution in [-0.2, 0) is 29.2 Å². The number of halogens is 3. The highest BCUT2D eigenvalue weighted by atomic mass is 19.4. The number of fused-ring (bicyclic) bond motifs is 1. The highest BCUT2D eigenvalue weighted by Gasteiger charge is 2.27. The van der Waals surface area contributed by atoms with E-state index in [0.29, 0.717) is 12.1 Å². The standard InChI is InChI=1S/C21H21F3N2O2/c1-15-10-18-4-2-3-5-19(18)26(15)12-20(27)25-11-16-6-8-17(9-7-16)13-28-14-21(22,23)24/h2-10H,11-14H2,1H3,(H,25,27). The van der Waals surface area contributed by atoms with Crippen molar-refractivity contribution in [2.24, 2.45) is 0 Å². The van der Waals surface area contributed by atoms with E-state index < -0.39 is 12.8 Å². The van der Waals surface area contributed by atoms with E-state index in [9.17, 15) is 18.0 Å². The topological polar surface area (TPSA) is 43.3 Å². The number of hydrogen-bond acceptors (Lipinski definition) is 2. The van der Waals surface area contributed by atoms with Crippen molar-refractivity contribution >= 4 is 16.8 Å². The second-order valence-corrected chi connectivity index (χ2v) is 6.63. The largest absolute Gasteiger partial charge is 0.411 e. The number of carbonyl (C=O) groups is 1. The number of alkyl halides is 3. The molecule has 4 nitrogen and oxygen atoms in total. The maximum atomic E-state index is 12.3. The van der Waals surface area contributed by atoms with Crippen LogP contribution in [0, 0.1) is 6.92 Å². The summed E-state index contributed by atoms with van der Waals surface area (Å²) in [6.45, 7) is 1.17. The Hall–Kier alpha value is -2.80. The molecule has 148 valence electrons. The van der Waals surface area contributed by atoms with Crippen LogP contribution < -0.4 is 5.32 Å². The molecule has 0 saturated carbocycles. The lowest BCUT2D eigenvalue weighted by atomic mass is 10.1. The Morgan fingerprint density at radius 3 is 2.46 bits per heavy atom. The zero-order valence-electron chi connectivity index (χ0n) is 15.4. The fourth-order valence-electron chi connectivity index (χ4n) is 3.00. The number of carbonyl (C=O) groups excluding carboxylic acids is 1. The van der Waals surface area contributed by atoms with Gasteiger partial charge in [0.1, 0.15) is 13.2 Å². The van der Waals surface area contributed by atoms with Gasteiger partial charge in [0.25, 0.3) is 0 Å². The minimum Gasteiger partial charge on any atom is -0.367 e. The maximum absolute atomic E-state index is 12.3. The van der Waals surface area contributed by atoms with E-state index in [1.807, 2.05) is 41.8 Å². The summed E-state index contributed by atoms with van der Waals surface area (Å²) in [6, 6.07) is 16.9. The second-order valence-electron chi connectivity index (χ2n) is 6.63. The fraction of sp³-hybridized carbons (Fsp3) is 0.286. The van der Waals surface area contributed by atoms with Crippen LogP contribution in [0.4, 0.5) is 13.2 Å². The molecule has 1 N–H and O–H groups in total. The van der Waals surface area contributed by atoms with Crippen LogP contribution in [0.15, 0.2) is 54.6 Å². The molecule has 0 fully saturated rings. The molecule has 2 aromatic carbocycles. The van der Waals surface area contributed by atoms with E-state index in [1.165, 1.54) is 0 Å². The summed E-state index contributed by atoms with van der Waals surface area (Å²) in [7, 11) is 0. The smallest absolute Gasteiger partial charge is 0.367 e. The summed E-state index contributed by atoms with van der Waals surface area (Å²) in [5.74, 6) is -0.109. The van der Waals surface area contributed by atoms with Gasteiger partial charge in [0.15, 0.2) is 0 Å². The first-order valence-corrected chi connectivity index (χ1v) is 8.86. The van der Waals surface area contributed by atoms with Crippen molar-refractivity contribution < 1.29 is 22.7 Å². The van der Waals surface area contributed by atoms with Crippen molar-refractivity contribution in [1.82, 2.24) is 9.88 Å². The molecule has 3 aromatic rings. The minimum absolute atomic E-state index is 0.105. The minimum atomic E-state index is -4.33. The van der Waals surface area contributed by atoms with Gasteiger partial charge >= 0.3 is 6.18 Å². The van der Waals surface area contributed by atoms with E-state index in [-0.39, 0.29) is 19.1 Å². The predicted octanol–water partition coefficient (Wildman–Crippen LogP) is 4.35. The van der Waals surface area contributed by atoms with Crippen molar-refractivity contribution in [2.75, 3.05) is 6.61 Å². The van der Waals surface area contributed by atoms with Gasteiger partial charge in [0, 0.05) is 17.8 Å². The van der Waals surface area contributed by atoms with Crippen LogP contribution in [0.3, 0.4) is 0 Å². The molecule has 0 spiro atoms. The molecule has 1 amide bonds. The molecule has 28 heavy (non-hydrogen) atoms. The lowest BCUT2D eigenvalue weighted by molar-refractivity contribution is -0.176. The number of aryl methyl sites for hydroxylation is 1. The summed E-state index contributed by atoms with van der Waals surface area (Å²) in [4.78, 5) is 12.3. The Morgan fingerprint density at radius 1 is 1.07 bits per heavy atom. The van der Waals surface area contributed by atoms with Crippen LogP contribution in [0.5, 0.6) is 0 Å². The summed E-state index contributed by atoms with van der Waals surface area (Å²) in [6.07, 6.45) is -4.33. The third kappa shape index (κ3) is 5.36. The molecule has 0 aliphatic heterocycles. The van der Waals surface area contributed by atoms with Gasteiger partial charge in [-0.05, 0) is 35.6 Å². The summed E-state index contributed by atoms with van der Waals surface area (Å²) < 4.78 is 42.8. The number of hydrogen-bond donors (Lipinski definition) is 1. The first-order chi connectivity index (χ1) is 13.3. The molecule has 0 saturated heterocycles. The van der Waals surface area contributed by atoms with Crippen LogP contribution >= 0.6 is 0 Å². The number of nitrogens with one attached hydrogen (secondary N) is 1. The first-order valence-electron chi connectivity index (χ1n) is 8.86. The number of amides is 1. The van der Waals surface area contributed by atoms with Crippen molar-refractivity contribution in [3.8, 4) is 0 Å². The zero-order valence-corrected chi connectivity index (χ0v) is 15.4. The molecule has 7 heteroatoms. The predicted molar refractivity (Wildman–Crippen MR) is 101 cm³/mol. The molecule has 1 aromatic heterocycles. The number of rotatable bonds is 7. The highest BCUT2D eigenvalue weighted by Crippen LogP contribution is 2.19. The van der Waals surface area contributed by atoms with Gasteiger partial charge in [0.05, 0.1) is 6.61 Å². The Balaban J connectivity index is 1.51. The normalized spacial score (nSPS) is 11.7. The molecule has 0 bridgehead atoms. The Kier molecular flexibility index (Phi) is 6.04. The SMILES string of the molecule is Cc1cc2ccccc2n1CC(=O)NCc1ccc(COCC(F)(F)F)cc1. The lowest BCUT2D eigenvalue weighted by Crippen LogP contribution is -2.27. The van der Waals surface area contributed by atoms with E-state index in [4.69, 9.17) is 0 Å². The van der Waals surface area contributed by atoms with Gasteiger partial charge in [-0.25, -0.2) is 0 Å². The molecule has 1 heterocycles. The van der Waals surface area contributed by atoms with E-state index in [2.05, 4.69) is 10.1 Å². The van der Waals surface area contributed by atoms with Gasteiger partial charge in [0.2, 0.25) is 5.91 Å². The summed E-state index contributed by atoms with van der Waals surface area (Å²) >= 11 is 0. The average molecular weight is 390 g/mol. The molecule has 0 atom stereocenters. The average Bonchev–Trinajstić information content (AvgIpc) is 2.95. The molecule has 0 aliphatic rings. The lowest BCUT2D eigenvalue weighted by Gasteiger charge is -2.10. The van der Waals surface area contributed by atoms with Crippen LogP contribution in [0.1, 0.15) is 16.8 Å². The molecule has 3 rings (SSSR count). The summed E-state index contributed by atoms with van der Waals surface area (Å²) in [5.41, 5.74) is 3.54. The van der Waals surface area contributed by atoms with Crippen molar-refractivity contribution in [3.05, 3.63) is 71.4 Å². The van der Waals surface area contributed by atoms with Crippen LogP contribution in [0.25, 0.3) is 10.9 Å². The number of nitrogens with zero attached hydrogens (tertiary/aromatic N) is 1. The van der Waals surface area contributed by atoms with Gasteiger partial charge in [-0.3, -0.25) is 4.79 Å². The van der Waals surface area contributed by atoms with Crippen molar-refractivity contribution in [2.45, 2.75) is 32.8 Å². The molecular formula is C21H21F3N2O2. The van der Waals surface area contributed by atoms with Crippen molar-refractivity contribution in [3.63, 3.8) is 0 Å². The van der Waals surface area contributed by atoms with E-state index in [0.717, 1.165) is 22.2 Å². The quantitative estimate of drug-likeness (QED) is 0.652. The van der Waals surface area contributed by atoms with Crippen molar-refractivity contribution in [1.29, 1.82) is 0 Å². The number of para-hydroxylation sites is 1. The van der Waals surface area contributed by atoms with E-state index >= 15 is 0 Å². The second kappa shape index (κ2) is 8.48. The third-order valence-corrected chi connectivity index (χ3v) is 4.37. The first kappa shape index (κ1) is 19.9. The number of aromatic nitrogens is 1. The number of ether oxygens (including phenoxy) is 1. The van der Waals surface area contributed by atoms with E-state index in [1.54, 1.807) is 24.3 Å². The monoisotopic (exact) mass is 390 g/mol. The molecule has 0 aliphatic carbocycles. The fourth-order valence-corrected chi connectivity index (χ4v) is 3.00. The van der Waals surface area contributed by atoms with Gasteiger partial charge in [-0.15, -0.1) is 0 Å². The van der Waals surface area contributed by atoms with Gasteiger partial charge in [-0.2, -0.15) is 13.2 Å². The summed E-state index contributed by atoms with van der Waals surface area (Å²) in [5, 5.41) is 3.97. The molecule has 0 radical (unpaired) electrons. The zero-order chi connectivity index (χ0) is 20.1. The van der Waals surface area contributed by atoms with Crippen LogP contribution in [0.2, 0.25) is 0 Å².